The molecule has 0 aromatic heterocycles. The van der Waals surface area contributed by atoms with E-state index in [2.05, 4.69) is 10.6 Å². The molecule has 2 rings (SSSR count). The van der Waals surface area contributed by atoms with Crippen molar-refractivity contribution in [3.05, 3.63) is 34.6 Å². The fourth-order valence-corrected chi connectivity index (χ4v) is 2.07. The van der Waals surface area contributed by atoms with Gasteiger partial charge in [0, 0.05) is 17.6 Å². The Morgan fingerprint density at radius 1 is 1.56 bits per heavy atom. The summed E-state index contributed by atoms with van der Waals surface area (Å²) in [6.45, 7) is 1.51. The van der Waals surface area contributed by atoms with Gasteiger partial charge in [0.05, 0.1) is 5.56 Å². The monoisotopic (exact) mass is 292 g/mol. The average molecular weight is 293 g/mol. The van der Waals surface area contributed by atoms with Crippen molar-refractivity contribution < 1.29 is 9.18 Å². The third-order valence-electron chi connectivity index (χ3n) is 2.85. The van der Waals surface area contributed by atoms with Gasteiger partial charge in [0.2, 0.25) is 0 Å². The number of rotatable bonds is 3. The van der Waals surface area contributed by atoms with Crippen LogP contribution < -0.4 is 10.6 Å². The Balaban J connectivity index is 0.00000162. The van der Waals surface area contributed by atoms with Crippen LogP contribution in [0.5, 0.6) is 0 Å². The van der Waals surface area contributed by atoms with Crippen LogP contribution in [0, 0.1) is 5.82 Å². The fraction of sp³-hybridized carbons (Fsp3) is 0.417. The normalized spacial score (nSPS) is 18.2. The molecular formula is C12H15Cl2FN2O. The van der Waals surface area contributed by atoms with Crippen LogP contribution in [0.15, 0.2) is 18.2 Å². The van der Waals surface area contributed by atoms with Crippen LogP contribution in [-0.4, -0.2) is 25.0 Å². The van der Waals surface area contributed by atoms with Gasteiger partial charge in [0.15, 0.2) is 0 Å². The zero-order valence-corrected chi connectivity index (χ0v) is 11.3. The number of benzene rings is 1. The molecule has 0 spiro atoms. The van der Waals surface area contributed by atoms with E-state index in [9.17, 15) is 9.18 Å². The largest absolute Gasteiger partial charge is 0.350 e. The van der Waals surface area contributed by atoms with Gasteiger partial charge in [-0.3, -0.25) is 4.79 Å². The summed E-state index contributed by atoms with van der Waals surface area (Å²) in [6.07, 6.45) is 2.17. The molecule has 1 atom stereocenters. The van der Waals surface area contributed by atoms with E-state index in [0.717, 1.165) is 25.5 Å². The van der Waals surface area contributed by atoms with Gasteiger partial charge in [-0.05, 0) is 37.6 Å². The third-order valence-corrected chi connectivity index (χ3v) is 3.08. The lowest BCUT2D eigenvalue weighted by Crippen LogP contribution is -2.37. The van der Waals surface area contributed by atoms with Gasteiger partial charge < -0.3 is 10.6 Å². The molecule has 1 fully saturated rings. The van der Waals surface area contributed by atoms with Crippen LogP contribution in [0.2, 0.25) is 5.02 Å². The first kappa shape index (κ1) is 15.2. The molecule has 18 heavy (non-hydrogen) atoms. The number of hydrogen-bond acceptors (Lipinski definition) is 2. The number of amides is 1. The summed E-state index contributed by atoms with van der Waals surface area (Å²) in [7, 11) is 0. The van der Waals surface area contributed by atoms with E-state index in [4.69, 9.17) is 11.6 Å². The van der Waals surface area contributed by atoms with Gasteiger partial charge in [-0.1, -0.05) is 11.6 Å². The summed E-state index contributed by atoms with van der Waals surface area (Å²) in [5.41, 5.74) is 0.0346. The van der Waals surface area contributed by atoms with E-state index in [1.165, 1.54) is 12.1 Å². The van der Waals surface area contributed by atoms with E-state index in [1.54, 1.807) is 0 Å². The highest BCUT2D eigenvalue weighted by molar-refractivity contribution is 6.30. The van der Waals surface area contributed by atoms with Crippen LogP contribution in [0.1, 0.15) is 23.2 Å². The molecule has 1 aliphatic heterocycles. The molecule has 0 aliphatic carbocycles. The first-order chi connectivity index (χ1) is 8.16. The minimum absolute atomic E-state index is 0. The van der Waals surface area contributed by atoms with Gasteiger partial charge in [0.25, 0.3) is 5.91 Å². The molecule has 100 valence electrons. The van der Waals surface area contributed by atoms with Crippen LogP contribution in [0.4, 0.5) is 4.39 Å². The Morgan fingerprint density at radius 2 is 2.33 bits per heavy atom. The molecule has 6 heteroatoms. The Morgan fingerprint density at radius 3 is 2.94 bits per heavy atom. The van der Waals surface area contributed by atoms with Crippen LogP contribution in [0.3, 0.4) is 0 Å². The SMILES string of the molecule is Cl.O=C(NCC1CCCN1)c1ccc(Cl)cc1F. The zero-order valence-electron chi connectivity index (χ0n) is 9.71. The molecule has 2 N–H and O–H groups in total. The smallest absolute Gasteiger partial charge is 0.254 e. The molecule has 1 aliphatic rings. The maximum atomic E-state index is 13.4. The second-order valence-corrected chi connectivity index (χ2v) is 4.56. The maximum Gasteiger partial charge on any atom is 0.254 e. The minimum atomic E-state index is -0.589. The molecule has 0 radical (unpaired) electrons. The molecule has 1 aromatic carbocycles. The van der Waals surface area contributed by atoms with Crippen LogP contribution >= 0.6 is 24.0 Å². The first-order valence-corrected chi connectivity index (χ1v) is 6.01. The second-order valence-electron chi connectivity index (χ2n) is 4.13. The van der Waals surface area contributed by atoms with Crippen molar-refractivity contribution in [2.24, 2.45) is 0 Å². The van der Waals surface area contributed by atoms with Crippen LogP contribution in [-0.2, 0) is 0 Å². The number of nitrogens with one attached hydrogen (secondary N) is 2. The summed E-state index contributed by atoms with van der Waals surface area (Å²) in [5, 5.41) is 6.26. The number of halogens is 3. The van der Waals surface area contributed by atoms with Crippen molar-refractivity contribution in [3.8, 4) is 0 Å². The van der Waals surface area contributed by atoms with Crippen molar-refractivity contribution in [2.45, 2.75) is 18.9 Å². The fourth-order valence-electron chi connectivity index (χ4n) is 1.92. The van der Waals surface area contributed by atoms with Crippen molar-refractivity contribution in [2.75, 3.05) is 13.1 Å². The summed E-state index contributed by atoms with van der Waals surface area (Å²) in [6, 6.07) is 4.35. The van der Waals surface area contributed by atoms with E-state index in [1.807, 2.05) is 0 Å². The predicted molar refractivity (Wildman–Crippen MR) is 72.0 cm³/mol. The molecule has 1 heterocycles. The number of carbonyl (C=O) groups is 1. The standard InChI is InChI=1S/C12H14ClFN2O.ClH/c13-8-3-4-10(11(14)6-8)12(17)16-7-9-2-1-5-15-9;/h3-4,6,9,15H,1-2,5,7H2,(H,16,17);1H. The summed E-state index contributed by atoms with van der Waals surface area (Å²) >= 11 is 5.62. The highest BCUT2D eigenvalue weighted by atomic mass is 35.5. The zero-order chi connectivity index (χ0) is 12.3. The molecule has 1 saturated heterocycles. The molecular weight excluding hydrogens is 278 g/mol. The minimum Gasteiger partial charge on any atom is -0.350 e. The second kappa shape index (κ2) is 6.92. The van der Waals surface area contributed by atoms with Crippen molar-refractivity contribution in [1.82, 2.24) is 10.6 Å². The summed E-state index contributed by atoms with van der Waals surface area (Å²) in [4.78, 5) is 11.7. The van der Waals surface area contributed by atoms with Crippen molar-refractivity contribution in [3.63, 3.8) is 0 Å². The van der Waals surface area contributed by atoms with Crippen molar-refractivity contribution in [1.29, 1.82) is 0 Å². The predicted octanol–water partition coefficient (Wildman–Crippen LogP) is 2.38. The Kier molecular flexibility index (Phi) is 5.85. The summed E-state index contributed by atoms with van der Waals surface area (Å²) in [5.74, 6) is -0.984. The van der Waals surface area contributed by atoms with E-state index < -0.39 is 11.7 Å². The number of hydrogen-bond donors (Lipinski definition) is 2. The van der Waals surface area contributed by atoms with Gasteiger partial charge in [-0.25, -0.2) is 4.39 Å². The highest BCUT2D eigenvalue weighted by Crippen LogP contribution is 2.14. The lowest BCUT2D eigenvalue weighted by atomic mass is 10.2. The molecule has 0 saturated carbocycles. The summed E-state index contributed by atoms with van der Waals surface area (Å²) < 4.78 is 13.4. The third kappa shape index (κ3) is 3.83. The Bertz CT molecular complexity index is 423. The van der Waals surface area contributed by atoms with E-state index in [-0.39, 0.29) is 23.0 Å². The first-order valence-electron chi connectivity index (χ1n) is 5.63. The van der Waals surface area contributed by atoms with Crippen molar-refractivity contribution >= 4 is 29.9 Å². The molecule has 1 aromatic rings. The molecule has 3 nitrogen and oxygen atoms in total. The quantitative estimate of drug-likeness (QED) is 0.898. The molecule has 1 unspecified atom stereocenters. The van der Waals surface area contributed by atoms with Gasteiger partial charge >= 0.3 is 0 Å². The lowest BCUT2D eigenvalue weighted by Gasteiger charge is -2.11. The Hall–Kier alpha value is -0.840. The van der Waals surface area contributed by atoms with E-state index in [0.29, 0.717) is 12.6 Å². The Labute approximate surface area is 116 Å². The van der Waals surface area contributed by atoms with E-state index >= 15 is 0 Å². The highest BCUT2D eigenvalue weighted by Gasteiger charge is 2.16. The lowest BCUT2D eigenvalue weighted by molar-refractivity contribution is 0.0946. The topological polar surface area (TPSA) is 41.1 Å². The molecule has 1 amide bonds. The average Bonchev–Trinajstić information content (AvgIpc) is 2.78. The van der Waals surface area contributed by atoms with Crippen LogP contribution in [0.25, 0.3) is 0 Å². The maximum absolute atomic E-state index is 13.4. The van der Waals surface area contributed by atoms with Gasteiger partial charge in [-0.2, -0.15) is 0 Å². The molecule has 0 bridgehead atoms. The van der Waals surface area contributed by atoms with Gasteiger partial charge in [-0.15, -0.1) is 12.4 Å². The van der Waals surface area contributed by atoms with Gasteiger partial charge in [0.1, 0.15) is 5.82 Å². The number of carbonyl (C=O) groups excluding carboxylic acids is 1.